The fraction of sp³-hybridized carbons (Fsp3) is 0.818. The van der Waals surface area contributed by atoms with E-state index in [2.05, 4.69) is 16.7 Å². The summed E-state index contributed by atoms with van der Waals surface area (Å²) in [5, 5.41) is 9.04. The molecule has 0 saturated carbocycles. The molecule has 1 rings (SSSR count). The number of Topliss-reactive ketones (excluding diaryl/α,β-unsaturated/α-hetero) is 3. The zero-order valence-corrected chi connectivity index (χ0v) is 18.9. The maximum Gasteiger partial charge on any atom is 0.303 e. The van der Waals surface area contributed by atoms with Crippen molar-refractivity contribution >= 4 is 23.3 Å². The van der Waals surface area contributed by atoms with E-state index in [9.17, 15) is 19.2 Å². The van der Waals surface area contributed by atoms with Crippen LogP contribution in [0.25, 0.3) is 0 Å². The van der Waals surface area contributed by atoms with Crippen molar-refractivity contribution in [1.29, 1.82) is 0 Å². The average Bonchev–Trinajstić information content (AvgIpc) is 2.74. The van der Waals surface area contributed by atoms with Crippen molar-refractivity contribution in [3.05, 3.63) is 0 Å². The predicted octanol–water partition coefficient (Wildman–Crippen LogP) is 1.47. The largest absolute Gasteiger partial charge is 0.481 e. The lowest BCUT2D eigenvalue weighted by molar-refractivity contribution is -0.137. The predicted molar refractivity (Wildman–Crippen MR) is 116 cm³/mol. The van der Waals surface area contributed by atoms with Gasteiger partial charge in [0, 0.05) is 52.1 Å². The Hall–Kier alpha value is -1.64. The van der Waals surface area contributed by atoms with Crippen LogP contribution in [0.4, 0.5) is 0 Å². The van der Waals surface area contributed by atoms with Gasteiger partial charge < -0.3 is 5.11 Å². The Kier molecular flexibility index (Phi) is 12.7. The van der Waals surface area contributed by atoms with E-state index in [-0.39, 0.29) is 30.2 Å². The minimum absolute atomic E-state index is 0.0455. The van der Waals surface area contributed by atoms with Gasteiger partial charge >= 0.3 is 5.97 Å². The molecule has 1 aliphatic heterocycles. The summed E-state index contributed by atoms with van der Waals surface area (Å²) < 4.78 is 0. The van der Waals surface area contributed by atoms with Crippen molar-refractivity contribution in [1.82, 2.24) is 14.7 Å². The molecular formula is C22H39N3O5. The summed E-state index contributed by atoms with van der Waals surface area (Å²) in [6, 6.07) is -0.458. The summed E-state index contributed by atoms with van der Waals surface area (Å²) >= 11 is 0. The maximum absolute atomic E-state index is 12.4. The van der Waals surface area contributed by atoms with Crippen LogP contribution in [0.3, 0.4) is 0 Å². The number of carboxylic acid groups (broad SMARTS) is 1. The fourth-order valence-electron chi connectivity index (χ4n) is 3.90. The van der Waals surface area contributed by atoms with E-state index in [0.717, 1.165) is 19.3 Å². The van der Waals surface area contributed by atoms with Crippen molar-refractivity contribution in [2.24, 2.45) is 0 Å². The topological polar surface area (TPSA) is 98.2 Å². The molecule has 0 aromatic heterocycles. The van der Waals surface area contributed by atoms with E-state index in [4.69, 9.17) is 5.11 Å². The number of unbranched alkanes of at least 4 members (excludes halogenated alkanes) is 2. The highest BCUT2D eigenvalue weighted by Gasteiger charge is 2.26. The zero-order valence-electron chi connectivity index (χ0n) is 18.9. The third-order valence-corrected chi connectivity index (χ3v) is 5.59. The van der Waals surface area contributed by atoms with Crippen LogP contribution in [0.5, 0.6) is 0 Å². The summed E-state index contributed by atoms with van der Waals surface area (Å²) in [7, 11) is 0. The second kappa shape index (κ2) is 14.4. The van der Waals surface area contributed by atoms with E-state index < -0.39 is 12.0 Å². The van der Waals surface area contributed by atoms with Crippen molar-refractivity contribution < 1.29 is 24.3 Å². The van der Waals surface area contributed by atoms with Crippen molar-refractivity contribution in [2.75, 3.05) is 52.4 Å². The van der Waals surface area contributed by atoms with Gasteiger partial charge in [0.15, 0.2) is 0 Å². The van der Waals surface area contributed by atoms with Crippen molar-refractivity contribution in [3.8, 4) is 0 Å². The van der Waals surface area contributed by atoms with Gasteiger partial charge in [-0.15, -0.1) is 0 Å². The normalized spacial score (nSPS) is 18.2. The first-order chi connectivity index (χ1) is 14.2. The van der Waals surface area contributed by atoms with Crippen LogP contribution in [0.15, 0.2) is 0 Å². The first kappa shape index (κ1) is 26.4. The smallest absolute Gasteiger partial charge is 0.303 e. The molecule has 1 N–H and O–H groups in total. The standard InChI is InChI=1S/C22H39N3O5/c1-4-5-6-7-20(28)17-24-11-10-23(16-18(2)26)12-14-25(15-13-24)21(19(3)27)8-9-22(29)30/h21H,4-17H2,1-3H3,(H,29,30). The third kappa shape index (κ3) is 10.9. The van der Waals surface area contributed by atoms with E-state index >= 15 is 0 Å². The SMILES string of the molecule is CCCCCC(=O)CN1CCN(CC(C)=O)CCN(C(CCC(=O)O)C(C)=O)CC1. The molecule has 0 spiro atoms. The number of hydrogen-bond acceptors (Lipinski definition) is 7. The van der Waals surface area contributed by atoms with Gasteiger partial charge in [0.05, 0.1) is 19.1 Å². The van der Waals surface area contributed by atoms with Gasteiger partial charge in [-0.05, 0) is 26.7 Å². The lowest BCUT2D eigenvalue weighted by Gasteiger charge is -2.31. The highest BCUT2D eigenvalue weighted by Crippen LogP contribution is 2.12. The number of carboxylic acids is 1. The third-order valence-electron chi connectivity index (χ3n) is 5.59. The number of carbonyl (C=O) groups excluding carboxylic acids is 3. The molecule has 1 atom stereocenters. The molecule has 1 heterocycles. The van der Waals surface area contributed by atoms with Gasteiger partial charge in [-0.1, -0.05) is 19.8 Å². The molecule has 30 heavy (non-hydrogen) atoms. The van der Waals surface area contributed by atoms with Crippen LogP contribution in [-0.4, -0.2) is 102 Å². The Bertz CT molecular complexity index is 581. The van der Waals surface area contributed by atoms with Crippen LogP contribution >= 0.6 is 0 Å². The number of hydrogen-bond donors (Lipinski definition) is 1. The number of carbonyl (C=O) groups is 4. The lowest BCUT2D eigenvalue weighted by atomic mass is 10.1. The Labute approximate surface area is 180 Å². The molecule has 8 nitrogen and oxygen atoms in total. The van der Waals surface area contributed by atoms with Gasteiger partial charge in [-0.3, -0.25) is 33.9 Å². The second-order valence-corrected chi connectivity index (χ2v) is 8.34. The van der Waals surface area contributed by atoms with Crippen LogP contribution in [0.1, 0.15) is 59.3 Å². The van der Waals surface area contributed by atoms with E-state index in [1.807, 2.05) is 4.90 Å². The fourth-order valence-corrected chi connectivity index (χ4v) is 3.90. The van der Waals surface area contributed by atoms with Crippen LogP contribution < -0.4 is 0 Å². The quantitative estimate of drug-likeness (QED) is 0.443. The number of ketones is 3. The molecule has 0 amide bonds. The molecule has 1 aliphatic rings. The molecule has 0 aromatic carbocycles. The molecule has 1 fully saturated rings. The number of aliphatic carboxylic acids is 1. The summed E-state index contributed by atoms with van der Waals surface area (Å²) in [6.07, 6.45) is 3.84. The van der Waals surface area contributed by atoms with E-state index in [1.165, 1.54) is 6.92 Å². The highest BCUT2D eigenvalue weighted by atomic mass is 16.4. The lowest BCUT2D eigenvalue weighted by Crippen LogP contribution is -2.46. The minimum atomic E-state index is -0.914. The molecule has 0 aliphatic carbocycles. The molecule has 0 bridgehead atoms. The summed E-state index contributed by atoms with van der Waals surface area (Å²) in [5.41, 5.74) is 0. The van der Waals surface area contributed by atoms with Gasteiger partial charge in [-0.2, -0.15) is 0 Å². The second-order valence-electron chi connectivity index (χ2n) is 8.34. The van der Waals surface area contributed by atoms with Gasteiger partial charge in [0.25, 0.3) is 0 Å². The Morgan fingerprint density at radius 3 is 1.90 bits per heavy atom. The van der Waals surface area contributed by atoms with Crippen molar-refractivity contribution in [2.45, 2.75) is 65.3 Å². The molecule has 1 saturated heterocycles. The van der Waals surface area contributed by atoms with Crippen LogP contribution in [0, 0.1) is 0 Å². The summed E-state index contributed by atoms with van der Waals surface area (Å²) in [5.74, 6) is -0.655. The maximum atomic E-state index is 12.4. The first-order valence-corrected chi connectivity index (χ1v) is 11.1. The van der Waals surface area contributed by atoms with Gasteiger partial charge in [0.2, 0.25) is 0 Å². The number of nitrogens with zero attached hydrogens (tertiary/aromatic N) is 3. The minimum Gasteiger partial charge on any atom is -0.481 e. The van der Waals surface area contributed by atoms with Crippen molar-refractivity contribution in [3.63, 3.8) is 0 Å². The van der Waals surface area contributed by atoms with Crippen LogP contribution in [-0.2, 0) is 19.2 Å². The summed E-state index contributed by atoms with van der Waals surface area (Å²) in [6.45, 7) is 9.74. The molecular weight excluding hydrogens is 386 g/mol. The van der Waals surface area contributed by atoms with Gasteiger partial charge in [-0.25, -0.2) is 0 Å². The van der Waals surface area contributed by atoms with Gasteiger partial charge in [0.1, 0.15) is 17.3 Å². The molecule has 1 unspecified atom stereocenters. The zero-order chi connectivity index (χ0) is 22.5. The highest BCUT2D eigenvalue weighted by molar-refractivity contribution is 5.82. The molecule has 8 heteroatoms. The Morgan fingerprint density at radius 1 is 0.833 bits per heavy atom. The molecule has 0 aromatic rings. The Balaban J connectivity index is 2.86. The monoisotopic (exact) mass is 425 g/mol. The van der Waals surface area contributed by atoms with E-state index in [1.54, 1.807) is 6.92 Å². The summed E-state index contributed by atoms with van der Waals surface area (Å²) in [4.78, 5) is 53.5. The van der Waals surface area contributed by atoms with Crippen LogP contribution in [0.2, 0.25) is 0 Å². The molecule has 172 valence electrons. The Morgan fingerprint density at radius 2 is 1.40 bits per heavy atom. The van der Waals surface area contributed by atoms with E-state index in [0.29, 0.717) is 58.8 Å². The average molecular weight is 426 g/mol. The first-order valence-electron chi connectivity index (χ1n) is 11.1. The number of rotatable bonds is 13. The molecule has 0 radical (unpaired) electrons.